The smallest absolute Gasteiger partial charge is 0.214 e. The van der Waals surface area contributed by atoms with Crippen LogP contribution in [0.15, 0.2) is 12.3 Å². The predicted molar refractivity (Wildman–Crippen MR) is 60.2 cm³/mol. The summed E-state index contributed by atoms with van der Waals surface area (Å²) < 4.78 is 6.25. The fourth-order valence-electron chi connectivity index (χ4n) is 1.78. The third-order valence-electron chi connectivity index (χ3n) is 3.80. The number of hydrogen-bond donors (Lipinski definition) is 0. The summed E-state index contributed by atoms with van der Waals surface area (Å²) in [7, 11) is -1.57. The Labute approximate surface area is 83.3 Å². The Morgan fingerprint density at radius 3 is 2.23 bits per heavy atom. The summed E-state index contributed by atoms with van der Waals surface area (Å²) >= 11 is 0. The minimum Gasteiger partial charge on any atom is -0.408 e. The van der Waals surface area contributed by atoms with Gasteiger partial charge < -0.3 is 4.43 Å². The van der Waals surface area contributed by atoms with E-state index in [1.807, 2.05) is 0 Å². The number of rotatable bonds is 1. The van der Waals surface area contributed by atoms with Crippen LogP contribution in [0.2, 0.25) is 12.6 Å². The highest BCUT2D eigenvalue weighted by Gasteiger charge is 2.48. The third-order valence-corrected chi connectivity index (χ3v) is 6.88. The summed E-state index contributed by atoms with van der Waals surface area (Å²) in [6.45, 7) is 15.2. The van der Waals surface area contributed by atoms with Crippen LogP contribution in [0.25, 0.3) is 0 Å². The van der Waals surface area contributed by atoms with Gasteiger partial charge in [-0.25, -0.2) is 0 Å². The van der Waals surface area contributed by atoms with Gasteiger partial charge in [0.05, 0.1) is 5.60 Å². The summed E-state index contributed by atoms with van der Waals surface area (Å²) in [6.07, 6.45) is 1.26. The summed E-state index contributed by atoms with van der Waals surface area (Å²) in [6, 6.07) is 1.22. The Morgan fingerprint density at radius 2 is 1.85 bits per heavy atom. The molecule has 1 aliphatic heterocycles. The van der Waals surface area contributed by atoms with E-state index in [1.54, 1.807) is 0 Å². The van der Waals surface area contributed by atoms with Crippen molar-refractivity contribution < 1.29 is 4.43 Å². The Hall–Kier alpha value is -0.0831. The van der Waals surface area contributed by atoms with Gasteiger partial charge in [-0.15, -0.1) is 6.58 Å². The zero-order valence-corrected chi connectivity index (χ0v) is 10.6. The van der Waals surface area contributed by atoms with Crippen molar-refractivity contribution >= 4 is 8.32 Å². The van der Waals surface area contributed by atoms with E-state index in [2.05, 4.69) is 46.5 Å². The molecule has 2 heteroatoms. The van der Waals surface area contributed by atoms with Gasteiger partial charge in [0.1, 0.15) is 0 Å². The van der Waals surface area contributed by atoms with Crippen LogP contribution >= 0.6 is 0 Å². The quantitative estimate of drug-likeness (QED) is 0.586. The molecule has 0 amide bonds. The van der Waals surface area contributed by atoms with E-state index in [4.69, 9.17) is 4.43 Å². The second kappa shape index (κ2) is 2.96. The van der Waals surface area contributed by atoms with Gasteiger partial charge in [0.25, 0.3) is 0 Å². The highest BCUT2D eigenvalue weighted by molar-refractivity contribution is 6.77. The molecule has 0 N–H and O–H groups in total. The molecule has 1 nitrogen and oxygen atoms in total. The summed E-state index contributed by atoms with van der Waals surface area (Å²) in [5.41, 5.74) is 2.37. The molecular formula is C11H22OSi. The molecule has 1 rings (SSSR count). The molecule has 1 saturated heterocycles. The second-order valence-electron chi connectivity index (χ2n) is 5.51. The lowest BCUT2D eigenvalue weighted by molar-refractivity contribution is -0.0377. The lowest BCUT2D eigenvalue weighted by Crippen LogP contribution is -2.55. The Bertz CT molecular complexity index is 220. The van der Waals surface area contributed by atoms with Crippen LogP contribution in [0.4, 0.5) is 0 Å². The van der Waals surface area contributed by atoms with Crippen LogP contribution in [0.1, 0.15) is 34.1 Å². The molecule has 0 spiro atoms. The first kappa shape index (κ1) is 11.0. The van der Waals surface area contributed by atoms with Gasteiger partial charge in [-0.3, -0.25) is 0 Å². The van der Waals surface area contributed by atoms with Crippen LogP contribution in [0.5, 0.6) is 0 Å². The Morgan fingerprint density at radius 1 is 1.31 bits per heavy atom. The first-order valence-corrected chi connectivity index (χ1v) is 7.75. The Kier molecular flexibility index (Phi) is 2.50. The molecule has 0 radical (unpaired) electrons. The molecule has 76 valence electrons. The molecule has 0 aromatic rings. The van der Waals surface area contributed by atoms with Crippen molar-refractivity contribution in [2.75, 3.05) is 0 Å². The van der Waals surface area contributed by atoms with Crippen molar-refractivity contribution in [3.8, 4) is 0 Å². The first-order chi connectivity index (χ1) is 5.72. The topological polar surface area (TPSA) is 9.23 Å². The summed E-state index contributed by atoms with van der Waals surface area (Å²) in [5.74, 6) is 0. The zero-order chi connectivity index (χ0) is 10.3. The van der Waals surface area contributed by atoms with E-state index in [0.717, 1.165) is 0 Å². The molecule has 1 aliphatic rings. The SMILES string of the molecule is C=C[Si]1(C)CCC(C)(C)C(C)(C)O1. The van der Waals surface area contributed by atoms with E-state index in [-0.39, 0.29) is 5.60 Å². The largest absolute Gasteiger partial charge is 0.408 e. The van der Waals surface area contributed by atoms with Gasteiger partial charge in [0, 0.05) is 0 Å². The minimum atomic E-state index is -1.57. The van der Waals surface area contributed by atoms with E-state index in [1.165, 1.54) is 12.5 Å². The summed E-state index contributed by atoms with van der Waals surface area (Å²) in [5, 5.41) is 0. The van der Waals surface area contributed by atoms with Gasteiger partial charge in [-0.05, 0) is 38.3 Å². The fraction of sp³-hybridized carbons (Fsp3) is 0.818. The molecule has 1 unspecified atom stereocenters. The fourth-order valence-corrected chi connectivity index (χ4v) is 4.73. The van der Waals surface area contributed by atoms with Crippen molar-refractivity contribution in [2.24, 2.45) is 5.41 Å². The molecule has 0 bridgehead atoms. The molecule has 0 aromatic carbocycles. The second-order valence-corrected chi connectivity index (χ2v) is 9.25. The predicted octanol–water partition coefficient (Wildman–Crippen LogP) is 3.51. The maximum atomic E-state index is 6.25. The van der Waals surface area contributed by atoms with E-state index >= 15 is 0 Å². The maximum Gasteiger partial charge on any atom is 0.214 e. The average Bonchev–Trinajstić information content (AvgIpc) is 1.98. The van der Waals surface area contributed by atoms with Gasteiger partial charge in [0.15, 0.2) is 0 Å². The average molecular weight is 198 g/mol. The van der Waals surface area contributed by atoms with Crippen molar-refractivity contribution in [1.29, 1.82) is 0 Å². The van der Waals surface area contributed by atoms with Crippen LogP contribution in [0, 0.1) is 5.41 Å². The molecule has 0 aromatic heterocycles. The van der Waals surface area contributed by atoms with E-state index in [9.17, 15) is 0 Å². The first-order valence-electron chi connectivity index (χ1n) is 5.06. The highest BCUT2D eigenvalue weighted by Crippen LogP contribution is 2.46. The van der Waals surface area contributed by atoms with Crippen LogP contribution < -0.4 is 0 Å². The van der Waals surface area contributed by atoms with Crippen molar-refractivity contribution in [3.63, 3.8) is 0 Å². The van der Waals surface area contributed by atoms with Crippen molar-refractivity contribution in [3.05, 3.63) is 12.3 Å². The summed E-state index contributed by atoms with van der Waals surface area (Å²) in [4.78, 5) is 0. The third kappa shape index (κ3) is 1.89. The van der Waals surface area contributed by atoms with Crippen molar-refractivity contribution in [2.45, 2.75) is 52.3 Å². The molecule has 1 fully saturated rings. The normalized spacial score (nSPS) is 37.0. The lowest BCUT2D eigenvalue weighted by Gasteiger charge is -2.51. The standard InChI is InChI=1S/C11H22OSi/c1-7-13(6)9-8-10(2,3)11(4,5)12-13/h7H,1,8-9H2,2-6H3. The van der Waals surface area contributed by atoms with Gasteiger partial charge in [-0.1, -0.05) is 19.5 Å². The lowest BCUT2D eigenvalue weighted by atomic mass is 9.75. The van der Waals surface area contributed by atoms with Gasteiger partial charge in [-0.2, -0.15) is 0 Å². The van der Waals surface area contributed by atoms with Gasteiger partial charge in [0.2, 0.25) is 8.32 Å². The molecule has 1 atom stereocenters. The highest BCUT2D eigenvalue weighted by atomic mass is 28.4. The molecule has 0 saturated carbocycles. The van der Waals surface area contributed by atoms with E-state index in [0.29, 0.717) is 5.41 Å². The maximum absolute atomic E-state index is 6.25. The van der Waals surface area contributed by atoms with Crippen LogP contribution in [0.3, 0.4) is 0 Å². The van der Waals surface area contributed by atoms with Gasteiger partial charge >= 0.3 is 0 Å². The molecule has 13 heavy (non-hydrogen) atoms. The molecular weight excluding hydrogens is 176 g/mol. The van der Waals surface area contributed by atoms with E-state index < -0.39 is 8.32 Å². The minimum absolute atomic E-state index is 0.000409. The zero-order valence-electron chi connectivity index (χ0n) is 9.61. The monoisotopic (exact) mass is 198 g/mol. The molecule has 0 aliphatic carbocycles. The molecule has 1 heterocycles. The van der Waals surface area contributed by atoms with Crippen LogP contribution in [-0.4, -0.2) is 13.9 Å². The number of hydrogen-bond acceptors (Lipinski definition) is 1. The van der Waals surface area contributed by atoms with Crippen molar-refractivity contribution in [1.82, 2.24) is 0 Å². The van der Waals surface area contributed by atoms with Crippen LogP contribution in [-0.2, 0) is 4.43 Å². The Balaban J connectivity index is 2.88.